The van der Waals surface area contributed by atoms with Gasteiger partial charge in [-0.15, -0.1) is 0 Å². The molecule has 0 amide bonds. The van der Waals surface area contributed by atoms with Gasteiger partial charge in [-0.05, 0) is 31.0 Å². The number of nitrogens with zero attached hydrogens (tertiary/aromatic N) is 3. The maximum atomic E-state index is 14.3. The van der Waals surface area contributed by atoms with Crippen LogP contribution in [0.15, 0.2) is 83.7 Å². The van der Waals surface area contributed by atoms with E-state index >= 15 is 0 Å². The fourth-order valence-corrected chi connectivity index (χ4v) is 4.79. The molecule has 0 saturated heterocycles. The van der Waals surface area contributed by atoms with Gasteiger partial charge in [0.05, 0.1) is 29.2 Å². The normalized spacial score (nSPS) is 12.3. The van der Waals surface area contributed by atoms with E-state index in [1.54, 1.807) is 9.08 Å². The predicted molar refractivity (Wildman–Crippen MR) is 138 cm³/mol. The van der Waals surface area contributed by atoms with Crippen LogP contribution in [-0.2, 0) is 11.3 Å². The number of carboxylic acid groups (broad SMARTS) is 1. The van der Waals surface area contributed by atoms with Gasteiger partial charge in [0.25, 0.3) is 5.56 Å². The summed E-state index contributed by atoms with van der Waals surface area (Å²) in [5, 5.41) is 15.9. The van der Waals surface area contributed by atoms with Crippen LogP contribution < -0.4 is 5.56 Å². The van der Waals surface area contributed by atoms with Gasteiger partial charge in [0.15, 0.2) is 0 Å². The zero-order chi connectivity index (χ0) is 24.5. The van der Waals surface area contributed by atoms with Crippen LogP contribution in [0, 0.1) is 6.92 Å². The lowest BCUT2D eigenvalue weighted by Crippen LogP contribution is -2.32. The Morgan fingerprint density at radius 2 is 1.66 bits per heavy atom. The number of carbonyl (C=O) groups is 1. The van der Waals surface area contributed by atoms with Crippen molar-refractivity contribution >= 4 is 22.5 Å². The molecule has 0 fully saturated rings. The van der Waals surface area contributed by atoms with Crippen molar-refractivity contribution in [1.82, 2.24) is 14.2 Å². The maximum absolute atomic E-state index is 14.3. The lowest BCUT2D eigenvalue weighted by molar-refractivity contribution is -0.139. The van der Waals surface area contributed by atoms with Crippen molar-refractivity contribution in [3.8, 4) is 11.3 Å². The molecule has 6 nitrogen and oxygen atoms in total. The number of fused-ring (bicyclic) bond motifs is 3. The van der Waals surface area contributed by atoms with Crippen LogP contribution in [0.3, 0.4) is 0 Å². The van der Waals surface area contributed by atoms with E-state index in [2.05, 4.69) is 0 Å². The number of hydrogen-bond donors (Lipinski definition) is 1. The topological polar surface area (TPSA) is 76.6 Å². The van der Waals surface area contributed by atoms with Crippen LogP contribution in [0.1, 0.15) is 42.4 Å². The van der Waals surface area contributed by atoms with Crippen LogP contribution in [0.4, 0.5) is 0 Å². The first-order valence-electron chi connectivity index (χ1n) is 11.9. The Morgan fingerprint density at radius 3 is 2.34 bits per heavy atom. The lowest BCUT2D eigenvalue weighted by atomic mass is 9.91. The first-order valence-corrected chi connectivity index (χ1v) is 11.9. The highest BCUT2D eigenvalue weighted by molar-refractivity contribution is 5.94. The highest BCUT2D eigenvalue weighted by Gasteiger charge is 2.30. The minimum atomic E-state index is -1.00. The first kappa shape index (κ1) is 22.6. The van der Waals surface area contributed by atoms with Crippen molar-refractivity contribution in [2.75, 3.05) is 0 Å². The average Bonchev–Trinajstić information content (AvgIpc) is 3.24. The van der Waals surface area contributed by atoms with E-state index in [0.29, 0.717) is 30.7 Å². The van der Waals surface area contributed by atoms with Crippen LogP contribution >= 0.6 is 0 Å². The number of hydrogen-bond acceptors (Lipinski definition) is 3. The molecule has 0 bridgehead atoms. The van der Waals surface area contributed by atoms with Gasteiger partial charge in [0, 0.05) is 10.9 Å². The second-order valence-electron chi connectivity index (χ2n) is 8.94. The van der Waals surface area contributed by atoms with E-state index < -0.39 is 11.9 Å². The van der Waals surface area contributed by atoms with Gasteiger partial charge < -0.3 is 5.11 Å². The Morgan fingerprint density at radius 1 is 0.971 bits per heavy atom. The number of carboxylic acids is 1. The molecule has 35 heavy (non-hydrogen) atoms. The summed E-state index contributed by atoms with van der Waals surface area (Å²) in [6, 6.07) is 25.3. The van der Waals surface area contributed by atoms with Crippen LogP contribution in [-0.4, -0.2) is 25.3 Å². The van der Waals surface area contributed by atoms with E-state index in [1.165, 1.54) is 0 Å². The number of rotatable bonds is 7. The second kappa shape index (κ2) is 9.22. The van der Waals surface area contributed by atoms with Gasteiger partial charge in [-0.25, -0.2) is 4.52 Å². The standard InChI is InChI=1S/C29H27N3O3/c1-3-9-23(29(34)35)25-26(21-16-14-19(2)15-17-21)32-27(22-12-7-8-13-24(22)30-32)31(28(25)33)18-20-10-5-4-6-11-20/h4-8,10-17,23H,3,9,18H2,1-2H3,(H,34,35). The van der Waals surface area contributed by atoms with Crippen molar-refractivity contribution in [3.05, 3.63) is 106 Å². The van der Waals surface area contributed by atoms with E-state index in [9.17, 15) is 14.7 Å². The maximum Gasteiger partial charge on any atom is 0.311 e. The Kier molecular flexibility index (Phi) is 5.95. The van der Waals surface area contributed by atoms with Crippen molar-refractivity contribution in [2.24, 2.45) is 0 Å². The van der Waals surface area contributed by atoms with Crippen molar-refractivity contribution in [2.45, 2.75) is 39.2 Å². The molecule has 1 N–H and O–H groups in total. The molecule has 0 radical (unpaired) electrons. The van der Waals surface area contributed by atoms with Crippen molar-refractivity contribution < 1.29 is 9.90 Å². The molecule has 0 aliphatic carbocycles. The Bertz CT molecular complexity index is 1580. The summed E-state index contributed by atoms with van der Waals surface area (Å²) in [6.07, 6.45) is 1.00. The number of aromatic nitrogens is 3. The van der Waals surface area contributed by atoms with Gasteiger partial charge in [-0.1, -0.05) is 85.6 Å². The Hall–Kier alpha value is -4.19. The van der Waals surface area contributed by atoms with Gasteiger partial charge in [0.2, 0.25) is 0 Å². The molecule has 2 heterocycles. The SMILES string of the molecule is CCCC(C(=O)O)c1c(-c2ccc(C)cc2)n2nc3ccccc3c2n(Cc2ccccc2)c1=O. The second-order valence-corrected chi connectivity index (χ2v) is 8.94. The van der Waals surface area contributed by atoms with E-state index in [4.69, 9.17) is 5.10 Å². The zero-order valence-corrected chi connectivity index (χ0v) is 19.8. The summed E-state index contributed by atoms with van der Waals surface area (Å²) in [5.41, 5.74) is 4.76. The molecule has 6 heteroatoms. The first-order chi connectivity index (χ1) is 17.0. The van der Waals surface area contributed by atoms with Crippen molar-refractivity contribution in [1.29, 1.82) is 0 Å². The van der Waals surface area contributed by atoms with E-state index in [0.717, 1.165) is 27.6 Å². The average molecular weight is 466 g/mol. The highest BCUT2D eigenvalue weighted by atomic mass is 16.4. The molecule has 5 aromatic rings. The van der Waals surface area contributed by atoms with Crippen LogP contribution in [0.5, 0.6) is 0 Å². The molecule has 0 aliphatic heterocycles. The fourth-order valence-electron chi connectivity index (χ4n) is 4.79. The molecule has 2 aromatic heterocycles. The van der Waals surface area contributed by atoms with Gasteiger partial charge >= 0.3 is 5.97 Å². The summed E-state index contributed by atoms with van der Waals surface area (Å²) in [4.78, 5) is 26.7. The lowest BCUT2D eigenvalue weighted by Gasteiger charge is -2.20. The molecular formula is C29H27N3O3. The predicted octanol–water partition coefficient (Wildman–Crippen LogP) is 5.64. The Labute approximate surface area is 203 Å². The molecule has 0 spiro atoms. The molecule has 5 rings (SSSR count). The quantitative estimate of drug-likeness (QED) is 0.337. The zero-order valence-electron chi connectivity index (χ0n) is 19.8. The van der Waals surface area contributed by atoms with Gasteiger partial charge in [-0.3, -0.25) is 14.2 Å². The van der Waals surface area contributed by atoms with Crippen LogP contribution in [0.2, 0.25) is 0 Å². The molecule has 1 unspecified atom stereocenters. The smallest absolute Gasteiger partial charge is 0.311 e. The van der Waals surface area contributed by atoms with E-state index in [1.807, 2.05) is 92.7 Å². The van der Waals surface area contributed by atoms with Crippen LogP contribution in [0.25, 0.3) is 27.8 Å². The molecular weight excluding hydrogens is 438 g/mol. The monoisotopic (exact) mass is 465 g/mol. The minimum absolute atomic E-state index is 0.277. The fraction of sp³-hybridized carbons (Fsp3) is 0.207. The number of aliphatic carboxylic acids is 1. The van der Waals surface area contributed by atoms with Gasteiger partial charge in [-0.2, -0.15) is 5.10 Å². The highest BCUT2D eigenvalue weighted by Crippen LogP contribution is 2.33. The minimum Gasteiger partial charge on any atom is -0.481 e. The molecule has 176 valence electrons. The third-order valence-electron chi connectivity index (χ3n) is 6.48. The summed E-state index contributed by atoms with van der Waals surface area (Å²) in [7, 11) is 0. The molecule has 0 aliphatic rings. The number of aryl methyl sites for hydroxylation is 1. The number of benzene rings is 3. The van der Waals surface area contributed by atoms with Gasteiger partial charge in [0.1, 0.15) is 5.65 Å². The van der Waals surface area contributed by atoms with Crippen molar-refractivity contribution in [3.63, 3.8) is 0 Å². The molecule has 3 aromatic carbocycles. The summed E-state index contributed by atoms with van der Waals surface area (Å²) >= 11 is 0. The molecule has 1 atom stereocenters. The largest absolute Gasteiger partial charge is 0.481 e. The molecule has 0 saturated carbocycles. The summed E-state index contributed by atoms with van der Waals surface area (Å²) in [5.74, 6) is -1.94. The summed E-state index contributed by atoms with van der Waals surface area (Å²) in [6.45, 7) is 4.25. The third-order valence-corrected chi connectivity index (χ3v) is 6.48. The third kappa shape index (κ3) is 4.01. The summed E-state index contributed by atoms with van der Waals surface area (Å²) < 4.78 is 3.46. The Balaban J connectivity index is 1.95. The van der Waals surface area contributed by atoms with E-state index in [-0.39, 0.29) is 11.1 Å².